The van der Waals surface area contributed by atoms with Crippen LogP contribution in [0.1, 0.15) is 210 Å². The number of allylic oxidation sites excluding steroid dienone is 6. The number of aromatic nitrogens is 3. The molecule has 0 fully saturated rings. The monoisotopic (exact) mass is 2330 g/mol. The Morgan fingerprint density at radius 1 is 0.368 bits per heavy atom. The van der Waals surface area contributed by atoms with Crippen molar-refractivity contribution in [1.82, 2.24) is 15.0 Å². The van der Waals surface area contributed by atoms with E-state index in [0.717, 1.165) is 55.9 Å². The molecular formula is C124H128Ir3N3O6-3. The van der Waals surface area contributed by atoms with E-state index in [1.165, 1.54) is 182 Å². The molecule has 3 aromatic heterocycles. The van der Waals surface area contributed by atoms with Crippen LogP contribution in [0.5, 0.6) is 0 Å². The third-order valence-electron chi connectivity index (χ3n) is 25.3. The summed E-state index contributed by atoms with van der Waals surface area (Å²) in [7, 11) is 0. The van der Waals surface area contributed by atoms with E-state index >= 15 is 0 Å². The second-order valence-corrected chi connectivity index (χ2v) is 40.9. The van der Waals surface area contributed by atoms with Crippen LogP contribution < -0.4 is 0 Å². The van der Waals surface area contributed by atoms with Crippen molar-refractivity contribution in [2.45, 2.75) is 202 Å². The van der Waals surface area contributed by atoms with Gasteiger partial charge < -0.3 is 15.3 Å². The normalized spacial score (nSPS) is 13.2. The molecule has 0 atom stereocenters. The predicted octanol–water partition coefficient (Wildman–Crippen LogP) is 32.4. The van der Waals surface area contributed by atoms with E-state index in [9.17, 15) is 24.6 Å². The Hall–Kier alpha value is -11.6. The van der Waals surface area contributed by atoms with E-state index in [1.54, 1.807) is 0 Å². The van der Waals surface area contributed by atoms with Crippen molar-refractivity contribution in [2.75, 3.05) is 0 Å². The third-order valence-corrected chi connectivity index (χ3v) is 25.3. The van der Waals surface area contributed by atoms with Gasteiger partial charge in [-0.05, 0) is 206 Å². The van der Waals surface area contributed by atoms with Gasteiger partial charge in [0, 0.05) is 135 Å². The summed E-state index contributed by atoms with van der Waals surface area (Å²) >= 11 is 0. The van der Waals surface area contributed by atoms with Gasteiger partial charge in [0.2, 0.25) is 0 Å². The number of aliphatic hydroxyl groups is 3. The van der Waals surface area contributed by atoms with Gasteiger partial charge >= 0.3 is 0 Å². The molecule has 0 bridgehead atoms. The molecule has 9 nitrogen and oxygen atoms in total. The molecule has 18 rings (SSSR count). The summed E-state index contributed by atoms with van der Waals surface area (Å²) in [4.78, 5) is 48.3. The molecule has 3 aliphatic rings. The van der Waals surface area contributed by atoms with Gasteiger partial charge in [-0.3, -0.25) is 29.3 Å². The van der Waals surface area contributed by atoms with Gasteiger partial charge in [0.05, 0.1) is 28.1 Å². The Bertz CT molecular complexity index is 7060. The Balaban J connectivity index is 0.000000180. The molecule has 0 saturated heterocycles. The molecule has 3 radical (unpaired) electrons. The predicted molar refractivity (Wildman–Crippen MR) is 557 cm³/mol. The maximum Gasteiger partial charge on any atom is 0.164 e. The standard InChI is InChI=1S/C33H28N.2C32H26N.2C11H20O2.C5H8O2.3Ir/c1-20-14-21(2)16-23(15-20)31-18-26(24-11-7-6-10-22(24)3)28-17-27-25-12-8-9-13-29(25)33(4,5)30(27)19-32(28)34-31;1-20-9-7-11-22(15-20)25-18-30(23-12-8-10-21(2)16-23)33-31-19-29-26(17-27(25)31)24-13-5-6-14-28(24)32(29,3)4;1-20-12-14-22(15-13-20)30-18-25(23-9-7-8-21(2)16-23)27-17-26-24-10-5-6-11-28(24)32(3,4)29(26)19-31(27)33-30;1-10(2,3)8(12)7-9(13)11(4,5)6;1-8(2)5-10(12)7-11(13)6-9(3)4;1-4(6)3-5(2)7;;;/h6-15,17-19H,1-5H3;5-11,13-19H,1-4H3;5-14,16-19H,1-4H3;7,12H,1-6H3;7-9,12H,5-6H2,1-4H3;3,6H,1-2H3;;;/q3*-1;;;;;;. The summed E-state index contributed by atoms with van der Waals surface area (Å²) in [6.07, 6.45) is 4.96. The summed E-state index contributed by atoms with van der Waals surface area (Å²) in [5, 5.41) is 30.9. The molecule has 15 aromatic rings. The zero-order valence-corrected chi connectivity index (χ0v) is 90.6. The molecule has 3 heterocycles. The summed E-state index contributed by atoms with van der Waals surface area (Å²) < 4.78 is 0. The van der Waals surface area contributed by atoms with Crippen LogP contribution in [0, 0.1) is 89.3 Å². The zero-order valence-electron chi connectivity index (χ0n) is 83.4. The van der Waals surface area contributed by atoms with E-state index < -0.39 is 5.41 Å². The minimum Gasteiger partial charge on any atom is -0.512 e. The zero-order chi connectivity index (χ0) is 96.3. The topological polar surface area (TPSA) is 151 Å². The number of carbonyl (C=O) groups is 3. The number of pyridine rings is 3. The van der Waals surface area contributed by atoms with Crippen molar-refractivity contribution in [1.29, 1.82) is 0 Å². The second kappa shape index (κ2) is 43.9. The number of carbonyl (C=O) groups excluding carboxylic acids is 3. The molecule has 705 valence electrons. The number of ketones is 3. The molecule has 0 saturated carbocycles. The van der Waals surface area contributed by atoms with E-state index in [0.29, 0.717) is 24.7 Å². The molecule has 0 spiro atoms. The van der Waals surface area contributed by atoms with Crippen molar-refractivity contribution in [3.63, 3.8) is 0 Å². The van der Waals surface area contributed by atoms with Gasteiger partial charge in [0.1, 0.15) is 5.76 Å². The van der Waals surface area contributed by atoms with E-state index in [1.807, 2.05) is 81.4 Å². The number of benzene rings is 12. The van der Waals surface area contributed by atoms with Crippen LogP contribution in [0.3, 0.4) is 0 Å². The second-order valence-electron chi connectivity index (χ2n) is 40.9. The van der Waals surface area contributed by atoms with Crippen LogP contribution in [0.2, 0.25) is 0 Å². The van der Waals surface area contributed by atoms with Crippen molar-refractivity contribution < 1.29 is 90.0 Å². The van der Waals surface area contributed by atoms with Gasteiger partial charge in [-0.25, -0.2) is 0 Å². The first-order valence-electron chi connectivity index (χ1n) is 46.5. The molecular weight excluding hydrogens is 2200 g/mol. The van der Waals surface area contributed by atoms with Gasteiger partial charge in [-0.2, -0.15) is 0 Å². The van der Waals surface area contributed by atoms with E-state index in [4.69, 9.17) is 20.1 Å². The average Bonchev–Trinajstić information content (AvgIpc) is 1.56. The Kier molecular flexibility index (Phi) is 34.3. The van der Waals surface area contributed by atoms with Crippen molar-refractivity contribution in [2.24, 2.45) is 22.7 Å². The van der Waals surface area contributed by atoms with Crippen LogP contribution in [0.15, 0.2) is 284 Å². The van der Waals surface area contributed by atoms with Crippen LogP contribution >= 0.6 is 0 Å². The average molecular weight is 2330 g/mol. The van der Waals surface area contributed by atoms with Crippen LogP contribution in [-0.4, -0.2) is 47.6 Å². The maximum absolute atomic E-state index is 11.5. The summed E-state index contributed by atoms with van der Waals surface area (Å²) in [6.45, 7) is 50.9. The van der Waals surface area contributed by atoms with Crippen molar-refractivity contribution in [3.8, 4) is 101 Å². The SMILES string of the molecule is CC(=O)C=C(C)O.CC(C)(C)C(=O)C=C(O)C(C)(C)C.CC(C)CC(=O)C=C(O)CC(C)C.Cc1[c-]c(-c2cc(-c3ccccc3C)c3cc4c(cc3n2)C(C)(C)c2ccccc2-4)cc(C)c1.Cc1c[c-]c(-c2cc(-c3cccc(C)c3)c3cc4c(cc3n2)C(C)(C)c2ccccc2-4)cc1.Cc1cc[c-]c(-c2cc(-c3cccc(C)c3)c3cc4c(cc3n2)C(C)(C)c2ccccc2-4)c1.[Ir].[Ir].[Ir]. The molecule has 3 aliphatic carbocycles. The number of aliphatic hydroxyl groups excluding tert-OH is 3. The Labute approximate surface area is 848 Å². The number of hydrogen-bond acceptors (Lipinski definition) is 9. The van der Waals surface area contributed by atoms with Crippen LogP contribution in [-0.2, 0) is 90.9 Å². The number of rotatable bonds is 13. The fraction of sp³-hybridized carbons (Fsp3) is 0.274. The van der Waals surface area contributed by atoms with Gasteiger partial charge in [0.15, 0.2) is 17.3 Å². The minimum atomic E-state index is -0.417. The minimum absolute atomic E-state index is 0. The molecule has 0 aliphatic heterocycles. The number of aryl methyl sites for hydroxylation is 7. The molecule has 12 heteroatoms. The Morgan fingerprint density at radius 2 is 0.779 bits per heavy atom. The molecule has 0 amide bonds. The van der Waals surface area contributed by atoms with E-state index in [2.05, 4.69) is 345 Å². The van der Waals surface area contributed by atoms with Gasteiger partial charge in [0.25, 0.3) is 0 Å². The fourth-order valence-corrected chi connectivity index (χ4v) is 18.3. The maximum atomic E-state index is 11.5. The molecule has 136 heavy (non-hydrogen) atoms. The Morgan fingerprint density at radius 3 is 1.17 bits per heavy atom. The van der Waals surface area contributed by atoms with E-state index in [-0.39, 0.29) is 117 Å². The summed E-state index contributed by atoms with van der Waals surface area (Å²) in [6, 6.07) is 101. The molecule has 3 N–H and O–H groups in total. The first-order chi connectivity index (χ1) is 62.7. The quantitative estimate of drug-likeness (QED) is 0.0582. The molecule has 12 aromatic carbocycles. The van der Waals surface area contributed by atoms with Crippen LogP contribution in [0.25, 0.3) is 133 Å². The first kappa shape index (κ1) is 106. The smallest absolute Gasteiger partial charge is 0.164 e. The number of fused-ring (bicyclic) bond motifs is 12. The van der Waals surface area contributed by atoms with Crippen molar-refractivity contribution in [3.05, 3.63) is 375 Å². The largest absolute Gasteiger partial charge is 0.512 e. The van der Waals surface area contributed by atoms with Crippen LogP contribution in [0.4, 0.5) is 0 Å². The summed E-state index contributed by atoms with van der Waals surface area (Å²) in [5.41, 5.74) is 40.4. The molecule has 0 unspecified atom stereocenters. The third kappa shape index (κ3) is 24.3. The summed E-state index contributed by atoms with van der Waals surface area (Å²) in [5.74, 6) is 1.02. The number of hydrogen-bond donors (Lipinski definition) is 3. The van der Waals surface area contributed by atoms with Crippen molar-refractivity contribution >= 4 is 50.1 Å². The fourth-order valence-electron chi connectivity index (χ4n) is 18.3. The number of nitrogens with zero attached hydrogens (tertiary/aromatic N) is 3. The van der Waals surface area contributed by atoms with Gasteiger partial charge in [-0.1, -0.05) is 313 Å². The van der Waals surface area contributed by atoms with Gasteiger partial charge in [-0.15, -0.1) is 106 Å². The first-order valence-corrected chi connectivity index (χ1v) is 46.5.